The summed E-state index contributed by atoms with van der Waals surface area (Å²) >= 11 is 0. The average molecular weight is 218 g/mol. The maximum Gasteiger partial charge on any atom is 0.233 e. The van der Waals surface area contributed by atoms with Gasteiger partial charge in [0, 0.05) is 31.5 Å². The molecule has 1 aromatic heterocycles. The van der Waals surface area contributed by atoms with Gasteiger partial charge in [0.15, 0.2) is 5.78 Å². The minimum atomic E-state index is -0.511. The Hall–Kier alpha value is -1.71. The lowest BCUT2D eigenvalue weighted by Crippen LogP contribution is -2.41. The lowest BCUT2D eigenvalue weighted by atomic mass is 9.90. The Labute approximate surface area is 94.3 Å². The number of carbonyl (C=O) groups is 2. The lowest BCUT2D eigenvalue weighted by Gasteiger charge is -2.28. The van der Waals surface area contributed by atoms with Crippen LogP contribution in [0.25, 0.3) is 0 Å². The zero-order valence-corrected chi connectivity index (χ0v) is 9.22. The van der Waals surface area contributed by atoms with Gasteiger partial charge in [0.25, 0.3) is 0 Å². The molecule has 1 fully saturated rings. The quantitative estimate of drug-likeness (QED) is 0.552. The lowest BCUT2D eigenvalue weighted by molar-refractivity contribution is -0.134. The number of rotatable bonds is 2. The Morgan fingerprint density at radius 2 is 2.38 bits per heavy atom. The van der Waals surface area contributed by atoms with E-state index >= 15 is 0 Å². The van der Waals surface area contributed by atoms with Crippen LogP contribution in [0.5, 0.6) is 0 Å². The second-order valence-corrected chi connectivity index (χ2v) is 4.06. The largest absolute Gasteiger partial charge is 0.345 e. The van der Waals surface area contributed by atoms with E-state index in [1.54, 1.807) is 30.3 Å². The summed E-state index contributed by atoms with van der Waals surface area (Å²) in [6.07, 6.45) is 4.67. The molecule has 1 atom stereocenters. The number of likely N-dealkylation sites (tertiary alicyclic amines) is 1. The van der Waals surface area contributed by atoms with Crippen LogP contribution in [0.15, 0.2) is 24.5 Å². The molecular weight excluding hydrogens is 204 g/mol. The molecule has 1 aliphatic rings. The summed E-state index contributed by atoms with van der Waals surface area (Å²) in [6.45, 7) is 0.746. The molecule has 1 amide bonds. The molecule has 1 aromatic rings. The minimum Gasteiger partial charge on any atom is -0.345 e. The molecule has 0 radical (unpaired) electrons. The number of hydrogen-bond acceptors (Lipinski definition) is 3. The van der Waals surface area contributed by atoms with E-state index in [-0.39, 0.29) is 11.7 Å². The van der Waals surface area contributed by atoms with E-state index in [4.69, 9.17) is 0 Å². The first-order chi connectivity index (χ1) is 7.70. The predicted octanol–water partition coefficient (Wildman–Crippen LogP) is 1.13. The van der Waals surface area contributed by atoms with Crippen molar-refractivity contribution in [3.05, 3.63) is 30.1 Å². The van der Waals surface area contributed by atoms with Gasteiger partial charge in [-0.1, -0.05) is 0 Å². The maximum absolute atomic E-state index is 12.1. The van der Waals surface area contributed by atoms with Crippen LogP contribution in [0.4, 0.5) is 0 Å². The van der Waals surface area contributed by atoms with Crippen LogP contribution in [-0.2, 0) is 4.79 Å². The van der Waals surface area contributed by atoms with Crippen LogP contribution in [0.1, 0.15) is 23.2 Å². The van der Waals surface area contributed by atoms with Gasteiger partial charge in [0.05, 0.1) is 0 Å². The maximum atomic E-state index is 12.1. The molecular formula is C12H14N2O2. The number of hydrogen-bond donors (Lipinski definition) is 0. The Bertz CT molecular complexity index is 403. The molecule has 4 nitrogen and oxygen atoms in total. The average Bonchev–Trinajstić information content (AvgIpc) is 2.33. The van der Waals surface area contributed by atoms with Gasteiger partial charge >= 0.3 is 0 Å². The van der Waals surface area contributed by atoms with Crippen molar-refractivity contribution < 1.29 is 9.59 Å². The van der Waals surface area contributed by atoms with Gasteiger partial charge in [0.2, 0.25) is 5.91 Å². The molecule has 2 rings (SSSR count). The third-order valence-corrected chi connectivity index (χ3v) is 2.92. The SMILES string of the molecule is CN1CCC[C@@H](C(=O)c2cccnc2)C1=O. The molecule has 1 aliphatic heterocycles. The molecule has 1 saturated heterocycles. The van der Waals surface area contributed by atoms with Crippen LogP contribution < -0.4 is 0 Å². The smallest absolute Gasteiger partial charge is 0.233 e. The minimum absolute atomic E-state index is 0.0693. The first kappa shape index (κ1) is 10.8. The van der Waals surface area contributed by atoms with Crippen molar-refractivity contribution in [2.45, 2.75) is 12.8 Å². The Morgan fingerprint density at radius 1 is 1.56 bits per heavy atom. The van der Waals surface area contributed by atoms with Gasteiger partial charge < -0.3 is 4.90 Å². The fourth-order valence-corrected chi connectivity index (χ4v) is 1.99. The van der Waals surface area contributed by atoms with E-state index in [2.05, 4.69) is 4.98 Å². The molecule has 0 aromatic carbocycles. The first-order valence-electron chi connectivity index (χ1n) is 5.39. The summed E-state index contributed by atoms with van der Waals surface area (Å²) in [4.78, 5) is 29.4. The summed E-state index contributed by atoms with van der Waals surface area (Å²) in [5.74, 6) is -0.687. The molecule has 0 unspecified atom stereocenters. The highest BCUT2D eigenvalue weighted by atomic mass is 16.2. The van der Waals surface area contributed by atoms with E-state index in [1.807, 2.05) is 0 Å². The van der Waals surface area contributed by atoms with Crippen molar-refractivity contribution in [3.63, 3.8) is 0 Å². The van der Waals surface area contributed by atoms with Crippen LogP contribution >= 0.6 is 0 Å². The highest BCUT2D eigenvalue weighted by Gasteiger charge is 2.32. The number of nitrogens with zero attached hydrogens (tertiary/aromatic N) is 2. The monoisotopic (exact) mass is 218 g/mol. The molecule has 2 heterocycles. The number of aromatic nitrogens is 1. The van der Waals surface area contributed by atoms with Crippen molar-refractivity contribution >= 4 is 11.7 Å². The van der Waals surface area contributed by atoms with Crippen LogP contribution in [0.2, 0.25) is 0 Å². The molecule has 0 spiro atoms. The van der Waals surface area contributed by atoms with Crippen molar-refractivity contribution in [2.24, 2.45) is 5.92 Å². The highest BCUT2D eigenvalue weighted by molar-refractivity contribution is 6.10. The van der Waals surface area contributed by atoms with Gasteiger partial charge in [0.1, 0.15) is 5.92 Å². The second-order valence-electron chi connectivity index (χ2n) is 4.06. The third kappa shape index (κ3) is 1.96. The number of carbonyl (C=O) groups excluding carboxylic acids is 2. The van der Waals surface area contributed by atoms with Gasteiger partial charge in [-0.15, -0.1) is 0 Å². The van der Waals surface area contributed by atoms with Crippen LogP contribution in [-0.4, -0.2) is 35.2 Å². The fourth-order valence-electron chi connectivity index (χ4n) is 1.99. The normalized spacial score (nSPS) is 20.9. The zero-order valence-electron chi connectivity index (χ0n) is 9.22. The van der Waals surface area contributed by atoms with Gasteiger partial charge in [-0.3, -0.25) is 14.6 Å². The van der Waals surface area contributed by atoms with E-state index in [1.165, 1.54) is 6.20 Å². The molecule has 0 N–H and O–H groups in total. The number of Topliss-reactive ketones (excluding diaryl/α,β-unsaturated/α-hetero) is 1. The number of ketones is 1. The van der Waals surface area contributed by atoms with E-state index in [9.17, 15) is 9.59 Å². The number of piperidine rings is 1. The Kier molecular flexibility index (Phi) is 2.99. The van der Waals surface area contributed by atoms with Crippen molar-refractivity contribution in [1.82, 2.24) is 9.88 Å². The standard InChI is InChI=1S/C12H14N2O2/c1-14-7-3-5-10(12(14)16)11(15)9-4-2-6-13-8-9/h2,4,6,8,10H,3,5,7H2,1H3/t10-/m0/s1. The Morgan fingerprint density at radius 3 is 3.06 bits per heavy atom. The molecule has 84 valence electrons. The Balaban J connectivity index is 2.19. The van der Waals surface area contributed by atoms with Gasteiger partial charge in [-0.2, -0.15) is 0 Å². The van der Waals surface area contributed by atoms with Crippen LogP contribution in [0.3, 0.4) is 0 Å². The van der Waals surface area contributed by atoms with Gasteiger partial charge in [-0.25, -0.2) is 0 Å². The highest BCUT2D eigenvalue weighted by Crippen LogP contribution is 2.20. The summed E-state index contributed by atoms with van der Waals surface area (Å²) in [5.41, 5.74) is 0.524. The topological polar surface area (TPSA) is 50.3 Å². The molecule has 16 heavy (non-hydrogen) atoms. The summed E-state index contributed by atoms with van der Waals surface area (Å²) < 4.78 is 0. The van der Waals surface area contributed by atoms with E-state index < -0.39 is 5.92 Å². The van der Waals surface area contributed by atoms with Crippen LogP contribution in [0, 0.1) is 5.92 Å². The summed E-state index contributed by atoms with van der Waals surface area (Å²) in [6, 6.07) is 3.42. The second kappa shape index (κ2) is 4.43. The zero-order chi connectivity index (χ0) is 11.5. The van der Waals surface area contributed by atoms with Crippen molar-refractivity contribution in [3.8, 4) is 0 Å². The van der Waals surface area contributed by atoms with E-state index in [0.29, 0.717) is 12.0 Å². The molecule has 4 heteroatoms. The molecule has 0 aliphatic carbocycles. The summed E-state index contributed by atoms with van der Waals surface area (Å²) in [5, 5.41) is 0. The molecule has 0 bridgehead atoms. The summed E-state index contributed by atoms with van der Waals surface area (Å²) in [7, 11) is 1.74. The number of amides is 1. The van der Waals surface area contributed by atoms with Crippen molar-refractivity contribution in [1.29, 1.82) is 0 Å². The van der Waals surface area contributed by atoms with E-state index in [0.717, 1.165) is 13.0 Å². The molecule has 0 saturated carbocycles. The fraction of sp³-hybridized carbons (Fsp3) is 0.417. The predicted molar refractivity (Wildman–Crippen MR) is 58.9 cm³/mol. The first-order valence-corrected chi connectivity index (χ1v) is 5.39. The number of pyridine rings is 1. The third-order valence-electron chi connectivity index (χ3n) is 2.92. The van der Waals surface area contributed by atoms with Crippen molar-refractivity contribution in [2.75, 3.05) is 13.6 Å². The van der Waals surface area contributed by atoms with Gasteiger partial charge in [-0.05, 0) is 25.0 Å².